The minimum absolute atomic E-state index is 0.0580. The molecule has 0 unspecified atom stereocenters. The van der Waals surface area contributed by atoms with Crippen LogP contribution in [0.4, 0.5) is 5.82 Å². The molecular formula is C30H29N5O6. The fraction of sp³-hybridized carbons (Fsp3) is 0.200. The molecule has 0 saturated heterocycles. The van der Waals surface area contributed by atoms with Crippen LogP contribution in [0.1, 0.15) is 29.9 Å². The molecule has 5 aromatic rings. The molecule has 41 heavy (non-hydrogen) atoms. The summed E-state index contributed by atoms with van der Waals surface area (Å²) in [5, 5.41) is 26.0. The molecule has 0 fully saturated rings. The maximum atomic E-state index is 13.5. The number of hydrogen-bond acceptors (Lipinski definition) is 7. The van der Waals surface area contributed by atoms with E-state index in [2.05, 4.69) is 10.3 Å². The number of rotatable bonds is 8. The first-order valence-corrected chi connectivity index (χ1v) is 12.8. The molecule has 210 valence electrons. The van der Waals surface area contributed by atoms with E-state index in [0.29, 0.717) is 39.5 Å². The Morgan fingerprint density at radius 3 is 2.49 bits per heavy atom. The minimum atomic E-state index is -1.14. The summed E-state index contributed by atoms with van der Waals surface area (Å²) >= 11 is 0. The standard InChI is InChI=1S/C30H29N5O6/c1-19-27(29(37)35(20-8-6-5-7-9-20)33(19)18-30(2,3)38)28(36)32-26-13-11-22(17-31-26)41-25-14-15-34(39)24-16-21(40-4)10-12-23(24)25/h5-17,38H,18H2,1-4H3,(H,31,32,36). The molecule has 0 aliphatic rings. The molecule has 0 saturated carbocycles. The lowest BCUT2D eigenvalue weighted by atomic mass is 10.1. The Hall–Kier alpha value is -5.16. The van der Waals surface area contributed by atoms with Gasteiger partial charge in [0.1, 0.15) is 28.6 Å². The van der Waals surface area contributed by atoms with Crippen LogP contribution in [0.25, 0.3) is 16.6 Å². The Balaban J connectivity index is 1.40. The molecule has 2 aromatic carbocycles. The Kier molecular flexibility index (Phi) is 7.21. The van der Waals surface area contributed by atoms with Crippen molar-refractivity contribution in [3.63, 3.8) is 0 Å². The second-order valence-electron chi connectivity index (χ2n) is 10.1. The van der Waals surface area contributed by atoms with Gasteiger partial charge in [-0.3, -0.25) is 14.3 Å². The number of nitrogens with one attached hydrogen (secondary N) is 1. The number of hydrogen-bond donors (Lipinski definition) is 2. The van der Waals surface area contributed by atoms with Crippen LogP contribution in [0.3, 0.4) is 0 Å². The van der Waals surface area contributed by atoms with Crippen molar-refractivity contribution in [3.05, 3.63) is 106 Å². The summed E-state index contributed by atoms with van der Waals surface area (Å²) < 4.78 is 14.9. The summed E-state index contributed by atoms with van der Waals surface area (Å²) in [6, 6.07) is 18.7. The number of carbonyl (C=O) groups excluding carboxylic acids is 1. The SMILES string of the molecule is COc1ccc2c(Oc3ccc(NC(=O)c4c(C)n(CC(C)(C)O)n(-c5ccccc5)c4=O)nc3)cc[n+]([O-])c2c1. The zero-order valence-corrected chi connectivity index (χ0v) is 23.0. The lowest BCUT2D eigenvalue weighted by molar-refractivity contribution is -0.577. The summed E-state index contributed by atoms with van der Waals surface area (Å²) in [4.78, 5) is 31.1. The van der Waals surface area contributed by atoms with Crippen LogP contribution in [0, 0.1) is 12.1 Å². The van der Waals surface area contributed by atoms with E-state index in [1.54, 1.807) is 86.1 Å². The number of pyridine rings is 2. The van der Waals surface area contributed by atoms with E-state index in [1.165, 1.54) is 24.2 Å². The van der Waals surface area contributed by atoms with Crippen LogP contribution in [-0.2, 0) is 6.54 Å². The van der Waals surface area contributed by atoms with Gasteiger partial charge in [0.05, 0.1) is 48.3 Å². The van der Waals surface area contributed by atoms with Crippen molar-refractivity contribution < 1.29 is 24.1 Å². The number of amides is 1. The number of aromatic nitrogens is 4. The Morgan fingerprint density at radius 2 is 1.83 bits per heavy atom. The van der Waals surface area contributed by atoms with Crippen molar-refractivity contribution in [1.29, 1.82) is 0 Å². The number of benzene rings is 2. The van der Waals surface area contributed by atoms with Gasteiger partial charge in [-0.05, 0) is 57.2 Å². The van der Waals surface area contributed by atoms with Crippen LogP contribution in [0.5, 0.6) is 17.2 Å². The number of methoxy groups -OCH3 is 1. The molecule has 0 atom stereocenters. The first-order chi connectivity index (χ1) is 19.6. The number of para-hydroxylation sites is 1. The average Bonchev–Trinajstić information content (AvgIpc) is 3.19. The third-order valence-corrected chi connectivity index (χ3v) is 6.44. The van der Waals surface area contributed by atoms with Crippen LogP contribution < -0.4 is 25.1 Å². The Labute approximate surface area is 235 Å². The average molecular weight is 556 g/mol. The van der Waals surface area contributed by atoms with Gasteiger partial charge >= 0.3 is 0 Å². The zero-order chi connectivity index (χ0) is 29.3. The molecule has 0 aliphatic heterocycles. The second-order valence-corrected chi connectivity index (χ2v) is 10.1. The summed E-state index contributed by atoms with van der Waals surface area (Å²) in [5.74, 6) is 0.946. The Morgan fingerprint density at radius 1 is 1.10 bits per heavy atom. The lowest BCUT2D eigenvalue weighted by Gasteiger charge is -2.22. The number of nitrogens with zero attached hydrogens (tertiary/aromatic N) is 4. The molecular weight excluding hydrogens is 526 g/mol. The highest BCUT2D eigenvalue weighted by molar-refractivity contribution is 6.04. The predicted molar refractivity (Wildman–Crippen MR) is 153 cm³/mol. The smallest absolute Gasteiger partial charge is 0.284 e. The molecule has 3 aromatic heterocycles. The number of carbonyl (C=O) groups is 1. The first-order valence-electron chi connectivity index (χ1n) is 12.8. The van der Waals surface area contributed by atoms with Crippen LogP contribution in [-0.4, -0.2) is 38.1 Å². The topological polar surface area (TPSA) is 135 Å². The van der Waals surface area contributed by atoms with Crippen molar-refractivity contribution >= 4 is 22.6 Å². The quantitative estimate of drug-likeness (QED) is 0.219. The van der Waals surface area contributed by atoms with E-state index < -0.39 is 17.1 Å². The number of aliphatic hydroxyl groups is 1. The van der Waals surface area contributed by atoms with Gasteiger partial charge in [-0.2, -0.15) is 4.73 Å². The molecule has 5 rings (SSSR count). The summed E-state index contributed by atoms with van der Waals surface area (Å²) in [6.07, 6.45) is 2.77. The normalized spacial score (nSPS) is 11.4. The lowest BCUT2D eigenvalue weighted by Crippen LogP contribution is -2.32. The number of ether oxygens (including phenoxy) is 2. The third-order valence-electron chi connectivity index (χ3n) is 6.44. The van der Waals surface area contributed by atoms with Crippen LogP contribution >= 0.6 is 0 Å². The maximum Gasteiger partial charge on any atom is 0.284 e. The van der Waals surface area contributed by atoms with E-state index in [-0.39, 0.29) is 17.9 Å². The second kappa shape index (κ2) is 10.8. The highest BCUT2D eigenvalue weighted by atomic mass is 16.5. The highest BCUT2D eigenvalue weighted by Gasteiger charge is 2.27. The molecule has 0 aliphatic carbocycles. The third kappa shape index (κ3) is 5.61. The Bertz CT molecular complexity index is 1790. The van der Waals surface area contributed by atoms with E-state index in [9.17, 15) is 19.9 Å². The van der Waals surface area contributed by atoms with Gasteiger partial charge in [0.15, 0.2) is 6.20 Å². The molecule has 0 bridgehead atoms. The van der Waals surface area contributed by atoms with Gasteiger partial charge in [-0.15, -0.1) is 0 Å². The molecule has 11 heteroatoms. The predicted octanol–water partition coefficient (Wildman–Crippen LogP) is 3.95. The summed E-state index contributed by atoms with van der Waals surface area (Å²) in [6.45, 7) is 5.02. The summed E-state index contributed by atoms with van der Waals surface area (Å²) in [7, 11) is 1.52. The summed E-state index contributed by atoms with van der Waals surface area (Å²) in [5.41, 5.74) is -0.357. The monoisotopic (exact) mass is 555 g/mol. The van der Waals surface area contributed by atoms with Gasteiger partial charge in [-0.25, -0.2) is 9.67 Å². The van der Waals surface area contributed by atoms with Crippen LogP contribution in [0.15, 0.2) is 83.9 Å². The molecule has 0 spiro atoms. The molecule has 1 amide bonds. The van der Waals surface area contributed by atoms with Gasteiger partial charge in [0.25, 0.3) is 11.5 Å². The van der Waals surface area contributed by atoms with Crippen molar-refractivity contribution in [2.75, 3.05) is 12.4 Å². The molecule has 0 radical (unpaired) electrons. The van der Waals surface area contributed by atoms with Crippen molar-refractivity contribution in [2.24, 2.45) is 0 Å². The fourth-order valence-corrected chi connectivity index (χ4v) is 4.54. The van der Waals surface area contributed by atoms with Gasteiger partial charge in [0, 0.05) is 6.07 Å². The maximum absolute atomic E-state index is 13.5. The van der Waals surface area contributed by atoms with Gasteiger partial charge in [-0.1, -0.05) is 18.2 Å². The van der Waals surface area contributed by atoms with Crippen LogP contribution in [0.2, 0.25) is 0 Å². The largest absolute Gasteiger partial charge is 0.618 e. The number of anilines is 1. The van der Waals surface area contributed by atoms with Crippen molar-refractivity contribution in [1.82, 2.24) is 14.3 Å². The van der Waals surface area contributed by atoms with Gasteiger partial charge in [0.2, 0.25) is 5.52 Å². The fourth-order valence-electron chi connectivity index (χ4n) is 4.54. The molecule has 2 N–H and O–H groups in total. The first kappa shape index (κ1) is 27.4. The molecule has 3 heterocycles. The van der Waals surface area contributed by atoms with E-state index >= 15 is 0 Å². The molecule has 11 nitrogen and oxygen atoms in total. The highest BCUT2D eigenvalue weighted by Crippen LogP contribution is 2.30. The zero-order valence-electron chi connectivity index (χ0n) is 23.0. The number of fused-ring (bicyclic) bond motifs is 1. The van der Waals surface area contributed by atoms with Crippen molar-refractivity contribution in [2.45, 2.75) is 32.9 Å². The van der Waals surface area contributed by atoms with Crippen molar-refractivity contribution in [3.8, 4) is 22.9 Å². The van der Waals surface area contributed by atoms with E-state index in [4.69, 9.17) is 9.47 Å². The van der Waals surface area contributed by atoms with E-state index in [0.717, 1.165) is 4.73 Å². The minimum Gasteiger partial charge on any atom is -0.618 e. The van der Waals surface area contributed by atoms with Gasteiger partial charge < -0.3 is 25.1 Å². The van der Waals surface area contributed by atoms with E-state index in [1.807, 2.05) is 6.07 Å².